The first-order valence-electron chi connectivity index (χ1n) is 11.3. The Morgan fingerprint density at radius 1 is 0.735 bits per heavy atom. The van der Waals surface area contributed by atoms with Gasteiger partial charge in [-0.25, -0.2) is 4.90 Å². The van der Waals surface area contributed by atoms with Crippen molar-refractivity contribution in [1.29, 1.82) is 0 Å². The Bertz CT molecular complexity index is 1200. The summed E-state index contributed by atoms with van der Waals surface area (Å²) in [6.45, 7) is 2.64. The molecular weight excluding hydrogens is 430 g/mol. The van der Waals surface area contributed by atoms with Crippen molar-refractivity contribution in [3.05, 3.63) is 78.9 Å². The molecule has 1 unspecified atom stereocenters. The average Bonchev–Trinajstić information content (AvgIpc) is 3.18. The summed E-state index contributed by atoms with van der Waals surface area (Å²) >= 11 is 0. The number of carbonyl (C=O) groups excluding carboxylic acids is 2. The average molecular weight is 456 g/mol. The smallest absolute Gasteiger partial charge is 0.251 e. The Kier molecular flexibility index (Phi) is 6.05. The van der Waals surface area contributed by atoms with Gasteiger partial charge in [0.15, 0.2) is 0 Å². The molecule has 34 heavy (non-hydrogen) atoms. The highest BCUT2D eigenvalue weighted by Gasteiger charge is 2.43. The van der Waals surface area contributed by atoms with E-state index in [1.807, 2.05) is 42.5 Å². The van der Waals surface area contributed by atoms with Crippen LogP contribution in [0.3, 0.4) is 0 Å². The van der Waals surface area contributed by atoms with E-state index in [0.717, 1.165) is 11.4 Å². The van der Waals surface area contributed by atoms with E-state index in [-0.39, 0.29) is 24.0 Å². The van der Waals surface area contributed by atoms with Crippen LogP contribution in [0.25, 0.3) is 0 Å². The number of phenolic OH excluding ortho intramolecular Hbond substituents is 1. The molecule has 0 bridgehead atoms. The summed E-state index contributed by atoms with van der Waals surface area (Å²) in [5.74, 6) is -0.141. The number of anilines is 2. The van der Waals surface area contributed by atoms with Gasteiger partial charge < -0.3 is 10.0 Å². The molecule has 1 N–H and O–H groups in total. The number of aromatic hydroxyl groups is 1. The van der Waals surface area contributed by atoms with Crippen LogP contribution in [-0.4, -0.2) is 54.0 Å². The molecule has 0 radical (unpaired) electrons. The number of azo groups is 1. The molecule has 0 spiro atoms. The van der Waals surface area contributed by atoms with Crippen LogP contribution in [-0.2, 0) is 9.59 Å². The molecule has 3 aromatic carbocycles. The first-order valence-corrected chi connectivity index (χ1v) is 11.3. The van der Waals surface area contributed by atoms with Crippen LogP contribution in [0.1, 0.15) is 6.42 Å². The van der Waals surface area contributed by atoms with Crippen LogP contribution in [0.5, 0.6) is 5.75 Å². The number of imide groups is 1. The summed E-state index contributed by atoms with van der Waals surface area (Å²) in [4.78, 5) is 31.4. The van der Waals surface area contributed by atoms with Crippen LogP contribution in [0.15, 0.2) is 89.1 Å². The van der Waals surface area contributed by atoms with Gasteiger partial charge in [-0.3, -0.25) is 14.5 Å². The fraction of sp³-hybridized carbons (Fsp3) is 0.231. The number of rotatable bonds is 5. The van der Waals surface area contributed by atoms with Crippen LogP contribution >= 0.6 is 0 Å². The quantitative estimate of drug-likeness (QED) is 0.459. The summed E-state index contributed by atoms with van der Waals surface area (Å²) in [6.07, 6.45) is 0.172. The molecule has 0 saturated carbocycles. The highest BCUT2D eigenvalue weighted by Crippen LogP contribution is 2.31. The predicted octanol–water partition coefficient (Wildman–Crippen LogP) is 4.26. The summed E-state index contributed by atoms with van der Waals surface area (Å²) < 4.78 is 0. The Morgan fingerprint density at radius 2 is 1.35 bits per heavy atom. The van der Waals surface area contributed by atoms with Crippen LogP contribution in [0.4, 0.5) is 22.7 Å². The second kappa shape index (κ2) is 9.44. The van der Waals surface area contributed by atoms with Gasteiger partial charge in [-0.15, -0.1) is 0 Å². The Hall–Kier alpha value is -4.04. The number of carbonyl (C=O) groups is 2. The minimum Gasteiger partial charge on any atom is -0.506 e. The lowest BCUT2D eigenvalue weighted by Gasteiger charge is -2.38. The van der Waals surface area contributed by atoms with Gasteiger partial charge in [0.1, 0.15) is 5.75 Å². The molecule has 172 valence electrons. The van der Waals surface area contributed by atoms with Gasteiger partial charge in [-0.05, 0) is 48.5 Å². The van der Waals surface area contributed by atoms with E-state index in [9.17, 15) is 14.7 Å². The standard InChI is InChI=1S/C26H25N5O3/c32-24-9-5-4-8-22(24)29-14-16-30(17-15-29)23-18-25(33)31(26(23)34)21-12-10-20(11-13-21)28-27-19-6-2-1-3-7-19/h1-13,23,32H,14-18H2. The molecule has 5 rings (SSSR count). The fourth-order valence-electron chi connectivity index (χ4n) is 4.46. The lowest BCUT2D eigenvalue weighted by Crippen LogP contribution is -2.52. The van der Waals surface area contributed by atoms with Crippen molar-refractivity contribution in [2.75, 3.05) is 36.0 Å². The van der Waals surface area contributed by atoms with Crippen molar-refractivity contribution in [3.8, 4) is 5.75 Å². The highest BCUT2D eigenvalue weighted by atomic mass is 16.3. The zero-order valence-corrected chi connectivity index (χ0v) is 18.6. The number of phenols is 1. The number of benzene rings is 3. The first-order chi connectivity index (χ1) is 16.6. The van der Waals surface area contributed by atoms with Gasteiger partial charge >= 0.3 is 0 Å². The first kappa shape index (κ1) is 21.8. The number of hydrogen-bond acceptors (Lipinski definition) is 7. The predicted molar refractivity (Wildman–Crippen MR) is 130 cm³/mol. The molecule has 2 fully saturated rings. The fourth-order valence-corrected chi connectivity index (χ4v) is 4.46. The second-order valence-electron chi connectivity index (χ2n) is 8.35. The summed E-state index contributed by atoms with van der Waals surface area (Å²) in [7, 11) is 0. The number of piperazine rings is 1. The van der Waals surface area contributed by atoms with E-state index in [1.54, 1.807) is 36.4 Å². The maximum atomic E-state index is 13.2. The number of nitrogens with zero attached hydrogens (tertiary/aromatic N) is 5. The Morgan fingerprint density at radius 3 is 2.03 bits per heavy atom. The molecule has 8 nitrogen and oxygen atoms in total. The van der Waals surface area contributed by atoms with Crippen LogP contribution < -0.4 is 9.80 Å². The van der Waals surface area contributed by atoms with E-state index < -0.39 is 6.04 Å². The van der Waals surface area contributed by atoms with Crippen molar-refractivity contribution >= 4 is 34.6 Å². The maximum Gasteiger partial charge on any atom is 0.251 e. The van der Waals surface area contributed by atoms with Gasteiger partial charge in [0.05, 0.1) is 35.2 Å². The molecule has 2 aliphatic rings. The SMILES string of the molecule is O=C1CC(N2CCN(c3ccccc3O)CC2)C(=O)N1c1ccc(N=Nc2ccccc2)cc1. The monoisotopic (exact) mass is 455 g/mol. The van der Waals surface area contributed by atoms with Gasteiger partial charge in [0.25, 0.3) is 5.91 Å². The second-order valence-corrected chi connectivity index (χ2v) is 8.35. The maximum absolute atomic E-state index is 13.2. The van der Waals surface area contributed by atoms with E-state index >= 15 is 0 Å². The molecule has 2 saturated heterocycles. The molecule has 2 aliphatic heterocycles. The van der Waals surface area contributed by atoms with Crippen LogP contribution in [0, 0.1) is 0 Å². The van der Waals surface area contributed by atoms with Crippen molar-refractivity contribution in [3.63, 3.8) is 0 Å². The van der Waals surface area contributed by atoms with E-state index in [0.29, 0.717) is 37.6 Å². The topological polar surface area (TPSA) is 88.8 Å². The molecule has 2 heterocycles. The van der Waals surface area contributed by atoms with E-state index in [1.165, 1.54) is 4.90 Å². The van der Waals surface area contributed by atoms with Gasteiger partial charge in [0.2, 0.25) is 5.91 Å². The third-order valence-electron chi connectivity index (χ3n) is 6.25. The Labute approximate surface area is 197 Å². The minimum absolute atomic E-state index is 0.172. The molecule has 3 aromatic rings. The number of hydrogen-bond donors (Lipinski definition) is 1. The third kappa shape index (κ3) is 4.40. The lowest BCUT2D eigenvalue weighted by atomic mass is 10.1. The Balaban J connectivity index is 1.23. The lowest BCUT2D eigenvalue weighted by molar-refractivity contribution is -0.123. The molecular formula is C26H25N5O3. The third-order valence-corrected chi connectivity index (χ3v) is 6.25. The van der Waals surface area contributed by atoms with E-state index in [4.69, 9.17) is 0 Å². The minimum atomic E-state index is -0.462. The van der Waals surface area contributed by atoms with Crippen molar-refractivity contribution in [2.45, 2.75) is 12.5 Å². The number of amides is 2. The highest BCUT2D eigenvalue weighted by molar-refractivity contribution is 6.22. The van der Waals surface area contributed by atoms with Crippen molar-refractivity contribution in [2.24, 2.45) is 10.2 Å². The molecule has 0 aliphatic carbocycles. The zero-order valence-electron chi connectivity index (χ0n) is 18.6. The normalized spacial score (nSPS) is 19.4. The largest absolute Gasteiger partial charge is 0.506 e. The van der Waals surface area contributed by atoms with E-state index in [2.05, 4.69) is 20.0 Å². The zero-order chi connectivity index (χ0) is 23.5. The van der Waals surface area contributed by atoms with Crippen molar-refractivity contribution < 1.29 is 14.7 Å². The molecule has 2 amide bonds. The van der Waals surface area contributed by atoms with Gasteiger partial charge in [-0.2, -0.15) is 10.2 Å². The van der Waals surface area contributed by atoms with Gasteiger partial charge in [-0.1, -0.05) is 30.3 Å². The summed E-state index contributed by atoms with van der Waals surface area (Å²) in [5.41, 5.74) is 2.73. The van der Waals surface area contributed by atoms with Gasteiger partial charge in [0, 0.05) is 26.2 Å². The van der Waals surface area contributed by atoms with Crippen LogP contribution in [0.2, 0.25) is 0 Å². The van der Waals surface area contributed by atoms with Crippen molar-refractivity contribution in [1.82, 2.24) is 4.90 Å². The molecule has 0 aromatic heterocycles. The summed E-state index contributed by atoms with van der Waals surface area (Å²) in [6, 6.07) is 23.2. The number of para-hydroxylation sites is 2. The molecule has 1 atom stereocenters. The molecule has 8 heteroatoms. The summed E-state index contributed by atoms with van der Waals surface area (Å²) in [5, 5.41) is 18.5.